The summed E-state index contributed by atoms with van der Waals surface area (Å²) in [5, 5.41) is 13.6. The molecule has 2 aromatic rings. The molecule has 0 bridgehead atoms. The number of carbonyl (C=O) groups excluding carboxylic acids is 3. The zero-order valence-electron chi connectivity index (χ0n) is 17.4. The fraction of sp³-hybridized carbons (Fsp3) is 0.348. The number of imide groups is 1. The third-order valence-corrected chi connectivity index (χ3v) is 6.58. The third kappa shape index (κ3) is 3.86. The first-order valence-electron chi connectivity index (χ1n) is 10.5. The van der Waals surface area contributed by atoms with E-state index in [-0.39, 0.29) is 28.4 Å². The molecule has 0 spiro atoms. The van der Waals surface area contributed by atoms with Gasteiger partial charge in [0.15, 0.2) is 0 Å². The van der Waals surface area contributed by atoms with Gasteiger partial charge < -0.3 is 0 Å². The summed E-state index contributed by atoms with van der Waals surface area (Å²) >= 11 is 6.22. The molecule has 1 saturated carbocycles. The summed E-state index contributed by atoms with van der Waals surface area (Å²) < 4.78 is 0. The quantitative estimate of drug-likeness (QED) is 0.381. The number of para-hydroxylation sites is 1. The van der Waals surface area contributed by atoms with Crippen LogP contribution in [-0.2, 0) is 16.1 Å². The Kier molecular flexibility index (Phi) is 5.97. The molecule has 2 fully saturated rings. The molecule has 2 aliphatic rings. The van der Waals surface area contributed by atoms with E-state index in [0.29, 0.717) is 18.8 Å². The average molecular weight is 456 g/mol. The van der Waals surface area contributed by atoms with Gasteiger partial charge in [0, 0.05) is 6.07 Å². The molecule has 2 aromatic carbocycles. The number of nitro groups is 1. The molecule has 3 amide bonds. The summed E-state index contributed by atoms with van der Waals surface area (Å²) in [5.41, 5.74) is 0.118. The van der Waals surface area contributed by atoms with Crippen LogP contribution in [0.2, 0.25) is 5.02 Å². The van der Waals surface area contributed by atoms with Crippen LogP contribution in [0.15, 0.2) is 48.5 Å². The number of nitro benzene ring substituents is 1. The summed E-state index contributed by atoms with van der Waals surface area (Å²) in [6.07, 6.45) is 1.98. The maximum absolute atomic E-state index is 13.5. The zero-order valence-corrected chi connectivity index (χ0v) is 18.2. The number of hydrazine groups is 1. The van der Waals surface area contributed by atoms with Gasteiger partial charge in [0.2, 0.25) is 0 Å². The number of nitrogens with zero attached hydrogens (tertiary/aromatic N) is 3. The van der Waals surface area contributed by atoms with Gasteiger partial charge in [-0.2, -0.15) is 5.01 Å². The van der Waals surface area contributed by atoms with Crippen molar-refractivity contribution in [3.63, 3.8) is 0 Å². The van der Waals surface area contributed by atoms with Gasteiger partial charge in [-0.25, -0.2) is 5.01 Å². The van der Waals surface area contributed by atoms with E-state index in [1.165, 1.54) is 30.3 Å². The summed E-state index contributed by atoms with van der Waals surface area (Å²) in [6, 6.07) is 12.3. The van der Waals surface area contributed by atoms with Crippen molar-refractivity contribution < 1.29 is 19.3 Å². The van der Waals surface area contributed by atoms with Crippen molar-refractivity contribution in [3.05, 3.63) is 74.8 Å². The van der Waals surface area contributed by atoms with Crippen molar-refractivity contribution in [2.75, 3.05) is 0 Å². The number of benzene rings is 2. The highest BCUT2D eigenvalue weighted by molar-refractivity contribution is 6.33. The van der Waals surface area contributed by atoms with Gasteiger partial charge in [0.25, 0.3) is 23.4 Å². The van der Waals surface area contributed by atoms with Gasteiger partial charge in [-0.3, -0.25) is 24.5 Å². The van der Waals surface area contributed by atoms with Crippen molar-refractivity contribution in [2.24, 2.45) is 17.8 Å². The van der Waals surface area contributed by atoms with E-state index in [0.717, 1.165) is 16.4 Å². The summed E-state index contributed by atoms with van der Waals surface area (Å²) in [6.45, 7) is 1.73. The SMILES string of the molecule is C[C@@H]1CC[C@@H]2C(=O)N(N(Cc3ccccc3[N+](=O)[O-])C(=O)c3ccccc3Cl)C(=O)[C@@H]2C1. The molecule has 8 nitrogen and oxygen atoms in total. The number of hydrogen-bond acceptors (Lipinski definition) is 5. The summed E-state index contributed by atoms with van der Waals surface area (Å²) in [4.78, 5) is 51.1. The average Bonchev–Trinajstić information content (AvgIpc) is 3.01. The van der Waals surface area contributed by atoms with Crippen LogP contribution in [0.4, 0.5) is 5.69 Å². The molecule has 0 N–H and O–H groups in total. The number of halogens is 1. The van der Waals surface area contributed by atoms with Crippen LogP contribution in [0.3, 0.4) is 0 Å². The maximum Gasteiger partial charge on any atom is 0.274 e. The Labute approximate surface area is 189 Å². The first-order chi connectivity index (χ1) is 15.3. The van der Waals surface area contributed by atoms with Crippen LogP contribution in [-0.4, -0.2) is 32.7 Å². The second kappa shape index (κ2) is 8.70. The number of hydrogen-bond donors (Lipinski definition) is 0. The fourth-order valence-corrected chi connectivity index (χ4v) is 4.82. The number of carbonyl (C=O) groups is 3. The minimum Gasteiger partial charge on any atom is -0.272 e. The van der Waals surface area contributed by atoms with Crippen molar-refractivity contribution in [1.82, 2.24) is 10.0 Å². The van der Waals surface area contributed by atoms with Gasteiger partial charge in [-0.1, -0.05) is 48.9 Å². The van der Waals surface area contributed by atoms with E-state index in [1.807, 2.05) is 6.92 Å². The Bertz CT molecular complexity index is 1100. The molecule has 1 saturated heterocycles. The molecule has 0 unspecified atom stereocenters. The van der Waals surface area contributed by atoms with E-state index in [2.05, 4.69) is 0 Å². The topological polar surface area (TPSA) is 101 Å². The predicted molar refractivity (Wildman–Crippen MR) is 116 cm³/mol. The minimum atomic E-state index is -0.665. The summed E-state index contributed by atoms with van der Waals surface area (Å²) in [7, 11) is 0. The van der Waals surface area contributed by atoms with E-state index in [9.17, 15) is 24.5 Å². The van der Waals surface area contributed by atoms with Crippen molar-refractivity contribution in [1.29, 1.82) is 0 Å². The standard InChI is InChI=1S/C23H22ClN3O5/c1-14-10-11-16-18(12-14)23(30)26(22(16)29)25(21(28)17-7-3-4-8-19(17)24)13-15-6-2-5-9-20(15)27(31)32/h2-9,14,16,18H,10-13H2,1H3/t14-,16+,18-/m1/s1. The zero-order chi connectivity index (χ0) is 23.0. The molecule has 1 aliphatic carbocycles. The number of fused-ring (bicyclic) bond motifs is 1. The molecule has 4 rings (SSSR count). The molecule has 1 heterocycles. The number of amides is 3. The Morgan fingerprint density at radius 2 is 1.75 bits per heavy atom. The molecule has 32 heavy (non-hydrogen) atoms. The van der Waals surface area contributed by atoms with E-state index >= 15 is 0 Å². The molecule has 3 atom stereocenters. The van der Waals surface area contributed by atoms with E-state index in [1.54, 1.807) is 18.2 Å². The molecule has 0 aromatic heterocycles. The lowest BCUT2D eigenvalue weighted by Crippen LogP contribution is -2.50. The largest absolute Gasteiger partial charge is 0.274 e. The summed E-state index contributed by atoms with van der Waals surface area (Å²) in [5.74, 6) is -2.21. The van der Waals surface area contributed by atoms with Crippen LogP contribution in [0.25, 0.3) is 0 Å². The second-order valence-electron chi connectivity index (χ2n) is 8.35. The monoisotopic (exact) mass is 455 g/mol. The Morgan fingerprint density at radius 3 is 2.47 bits per heavy atom. The fourth-order valence-electron chi connectivity index (χ4n) is 4.60. The van der Waals surface area contributed by atoms with Crippen LogP contribution in [0, 0.1) is 27.9 Å². The number of rotatable bonds is 5. The first-order valence-corrected chi connectivity index (χ1v) is 10.8. The van der Waals surface area contributed by atoms with E-state index in [4.69, 9.17) is 11.6 Å². The Balaban J connectivity index is 1.77. The third-order valence-electron chi connectivity index (χ3n) is 6.25. The lowest BCUT2D eigenvalue weighted by molar-refractivity contribution is -0.385. The lowest BCUT2D eigenvalue weighted by atomic mass is 9.76. The van der Waals surface area contributed by atoms with E-state index < -0.39 is 34.5 Å². The molecule has 9 heteroatoms. The first kappa shape index (κ1) is 22.0. The Hall–Kier alpha value is -3.26. The van der Waals surface area contributed by atoms with Gasteiger partial charge in [-0.05, 0) is 37.3 Å². The highest BCUT2D eigenvalue weighted by atomic mass is 35.5. The second-order valence-corrected chi connectivity index (χ2v) is 8.76. The predicted octanol–water partition coefficient (Wildman–Crippen LogP) is 4.23. The molecule has 166 valence electrons. The van der Waals surface area contributed by atoms with Crippen molar-refractivity contribution in [3.8, 4) is 0 Å². The van der Waals surface area contributed by atoms with Crippen LogP contribution < -0.4 is 0 Å². The smallest absolute Gasteiger partial charge is 0.272 e. The van der Waals surface area contributed by atoms with Gasteiger partial charge in [0.1, 0.15) is 0 Å². The van der Waals surface area contributed by atoms with Crippen molar-refractivity contribution >= 4 is 35.0 Å². The van der Waals surface area contributed by atoms with Gasteiger partial charge in [0.05, 0.1) is 39.5 Å². The lowest BCUT2D eigenvalue weighted by Gasteiger charge is -2.30. The molecule has 1 aliphatic heterocycles. The van der Waals surface area contributed by atoms with Gasteiger partial charge in [-0.15, -0.1) is 0 Å². The highest BCUT2D eigenvalue weighted by Crippen LogP contribution is 2.41. The molecular weight excluding hydrogens is 434 g/mol. The minimum absolute atomic E-state index is 0.108. The van der Waals surface area contributed by atoms with Crippen LogP contribution >= 0.6 is 11.6 Å². The molecular formula is C23H22ClN3O5. The maximum atomic E-state index is 13.5. The normalized spacial score (nSPS) is 22.6. The van der Waals surface area contributed by atoms with Crippen molar-refractivity contribution in [2.45, 2.75) is 32.7 Å². The van der Waals surface area contributed by atoms with Crippen LogP contribution in [0.1, 0.15) is 42.1 Å². The van der Waals surface area contributed by atoms with Gasteiger partial charge >= 0.3 is 0 Å². The molecule has 0 radical (unpaired) electrons. The van der Waals surface area contributed by atoms with Crippen LogP contribution in [0.5, 0.6) is 0 Å². The highest BCUT2D eigenvalue weighted by Gasteiger charge is 2.52. The Morgan fingerprint density at radius 1 is 1.09 bits per heavy atom.